The lowest BCUT2D eigenvalue weighted by Crippen LogP contribution is -2.55. The van der Waals surface area contributed by atoms with E-state index in [1.807, 2.05) is 13.8 Å². The van der Waals surface area contributed by atoms with E-state index < -0.39 is 35.6 Å². The van der Waals surface area contributed by atoms with Crippen LogP contribution in [0.1, 0.15) is 63.5 Å². The zero-order valence-corrected chi connectivity index (χ0v) is 19.1. The number of piperidine rings is 1. The lowest BCUT2D eigenvalue weighted by molar-refractivity contribution is -0.141. The van der Waals surface area contributed by atoms with Crippen LogP contribution in [0.2, 0.25) is 0 Å². The predicted octanol–water partition coefficient (Wildman–Crippen LogP) is 4.36. The fourth-order valence-electron chi connectivity index (χ4n) is 3.80. The van der Waals surface area contributed by atoms with E-state index in [4.69, 9.17) is 9.47 Å². The van der Waals surface area contributed by atoms with Crippen LogP contribution in [0.25, 0.3) is 0 Å². The average molecular weight is 457 g/mol. The molecule has 0 unspecified atom stereocenters. The number of nitrogens with zero attached hydrogens (tertiary/aromatic N) is 3. The van der Waals surface area contributed by atoms with Gasteiger partial charge in [-0.2, -0.15) is 13.2 Å². The highest BCUT2D eigenvalue weighted by Gasteiger charge is 2.39. The van der Waals surface area contributed by atoms with Crippen LogP contribution in [0.15, 0.2) is 12.1 Å². The third-order valence-electron chi connectivity index (χ3n) is 5.25. The molecule has 0 spiro atoms. The number of alkyl halides is 3. The highest BCUT2D eigenvalue weighted by Crippen LogP contribution is 2.34. The maximum absolute atomic E-state index is 13.4. The number of ether oxygens (including phenoxy) is 2. The second-order valence-electron chi connectivity index (χ2n) is 10.2. The molecular weight excluding hydrogens is 427 g/mol. The van der Waals surface area contributed by atoms with Crippen LogP contribution < -0.4 is 4.74 Å². The summed E-state index contributed by atoms with van der Waals surface area (Å²) < 4.78 is 51.2. The monoisotopic (exact) mass is 457 g/mol. The molecule has 2 aliphatic heterocycles. The molecule has 178 valence electrons. The standard InChI is InChI=1S/C22H30F3N3O4/c1-20(2,3)32-19(30)27-8-6-15(7-9-27)31-17-11-14(10-16(26-17)22(23,24)25)18(29)28-12-21(4,5)13-28/h10-11,15H,6-9,12-13H2,1-5H3. The zero-order chi connectivity index (χ0) is 23.9. The summed E-state index contributed by atoms with van der Waals surface area (Å²) in [5, 5.41) is 0. The number of aromatic nitrogens is 1. The highest BCUT2D eigenvalue weighted by molar-refractivity contribution is 5.95. The number of hydrogen-bond donors (Lipinski definition) is 0. The molecule has 2 amide bonds. The molecule has 0 aliphatic carbocycles. The maximum atomic E-state index is 13.4. The van der Waals surface area contributed by atoms with E-state index in [2.05, 4.69) is 4.98 Å². The average Bonchev–Trinajstić information content (AvgIpc) is 2.63. The van der Waals surface area contributed by atoms with Crippen molar-refractivity contribution >= 4 is 12.0 Å². The SMILES string of the molecule is CC1(C)CN(C(=O)c2cc(OC3CCN(C(=O)OC(C)(C)C)CC3)nc(C(F)(F)F)c2)C1. The van der Waals surface area contributed by atoms with Crippen molar-refractivity contribution in [2.45, 2.75) is 65.3 Å². The van der Waals surface area contributed by atoms with Gasteiger partial charge >= 0.3 is 12.3 Å². The van der Waals surface area contributed by atoms with Gasteiger partial charge in [0.15, 0.2) is 0 Å². The molecule has 2 fully saturated rings. The van der Waals surface area contributed by atoms with E-state index in [1.54, 1.807) is 25.7 Å². The third-order valence-corrected chi connectivity index (χ3v) is 5.25. The van der Waals surface area contributed by atoms with Crippen molar-refractivity contribution in [2.75, 3.05) is 26.2 Å². The molecule has 0 atom stereocenters. The van der Waals surface area contributed by atoms with Gasteiger partial charge in [0.2, 0.25) is 5.88 Å². The van der Waals surface area contributed by atoms with E-state index in [9.17, 15) is 22.8 Å². The molecule has 32 heavy (non-hydrogen) atoms. The summed E-state index contributed by atoms with van der Waals surface area (Å²) in [6, 6.07) is 2.04. The topological polar surface area (TPSA) is 72.0 Å². The molecule has 10 heteroatoms. The highest BCUT2D eigenvalue weighted by atomic mass is 19.4. The van der Waals surface area contributed by atoms with Crippen molar-refractivity contribution in [3.8, 4) is 5.88 Å². The van der Waals surface area contributed by atoms with Crippen molar-refractivity contribution in [3.05, 3.63) is 23.4 Å². The Balaban J connectivity index is 1.69. The number of pyridine rings is 1. The van der Waals surface area contributed by atoms with Crippen molar-refractivity contribution in [2.24, 2.45) is 5.41 Å². The first-order valence-electron chi connectivity index (χ1n) is 10.7. The molecule has 1 aromatic rings. The number of likely N-dealkylation sites (tertiary alicyclic amines) is 2. The van der Waals surface area contributed by atoms with Crippen LogP contribution in [0.4, 0.5) is 18.0 Å². The van der Waals surface area contributed by atoms with Crippen LogP contribution in [-0.4, -0.2) is 64.7 Å². The number of hydrogen-bond acceptors (Lipinski definition) is 5. The molecule has 3 heterocycles. The number of halogens is 3. The summed E-state index contributed by atoms with van der Waals surface area (Å²) >= 11 is 0. The molecule has 0 radical (unpaired) electrons. The Kier molecular flexibility index (Phi) is 6.36. The normalized spacial score (nSPS) is 19.4. The van der Waals surface area contributed by atoms with Crippen LogP contribution >= 0.6 is 0 Å². The smallest absolute Gasteiger partial charge is 0.433 e. The Hall–Kier alpha value is -2.52. The molecule has 0 N–H and O–H groups in total. The van der Waals surface area contributed by atoms with Gasteiger partial charge in [0.1, 0.15) is 17.4 Å². The quantitative estimate of drug-likeness (QED) is 0.675. The van der Waals surface area contributed by atoms with Crippen LogP contribution in [-0.2, 0) is 10.9 Å². The van der Waals surface area contributed by atoms with Crippen molar-refractivity contribution < 1.29 is 32.2 Å². The Morgan fingerprint density at radius 1 is 1.06 bits per heavy atom. The number of rotatable bonds is 3. The maximum Gasteiger partial charge on any atom is 0.433 e. The summed E-state index contributed by atoms with van der Waals surface area (Å²) in [6.45, 7) is 11.0. The summed E-state index contributed by atoms with van der Waals surface area (Å²) in [5.74, 6) is -0.708. The third kappa shape index (κ3) is 6.04. The lowest BCUT2D eigenvalue weighted by atomic mass is 9.84. The van der Waals surface area contributed by atoms with Gasteiger partial charge in [-0.25, -0.2) is 9.78 Å². The minimum atomic E-state index is -4.71. The Bertz CT molecular complexity index is 864. The fourth-order valence-corrected chi connectivity index (χ4v) is 3.80. The Morgan fingerprint density at radius 3 is 2.16 bits per heavy atom. The lowest BCUT2D eigenvalue weighted by Gasteiger charge is -2.45. The van der Waals surface area contributed by atoms with Gasteiger partial charge in [-0.15, -0.1) is 0 Å². The summed E-state index contributed by atoms with van der Waals surface area (Å²) in [4.78, 5) is 31.5. The molecule has 0 aromatic carbocycles. The Labute approximate surface area is 185 Å². The first kappa shape index (κ1) is 24.1. The predicted molar refractivity (Wildman–Crippen MR) is 110 cm³/mol. The Morgan fingerprint density at radius 2 is 1.66 bits per heavy atom. The minimum Gasteiger partial charge on any atom is -0.474 e. The van der Waals surface area contributed by atoms with Gasteiger partial charge in [-0.3, -0.25) is 4.79 Å². The number of amides is 2. The largest absolute Gasteiger partial charge is 0.474 e. The zero-order valence-electron chi connectivity index (χ0n) is 19.1. The summed E-state index contributed by atoms with van der Waals surface area (Å²) in [6.07, 6.45) is -4.72. The van der Waals surface area contributed by atoms with Gasteiger partial charge in [0.05, 0.1) is 0 Å². The van der Waals surface area contributed by atoms with E-state index in [0.29, 0.717) is 39.0 Å². The van der Waals surface area contributed by atoms with E-state index in [-0.39, 0.29) is 16.9 Å². The van der Waals surface area contributed by atoms with Crippen molar-refractivity contribution in [1.82, 2.24) is 14.8 Å². The van der Waals surface area contributed by atoms with Crippen LogP contribution in [0.3, 0.4) is 0 Å². The van der Waals surface area contributed by atoms with Crippen molar-refractivity contribution in [1.29, 1.82) is 0 Å². The van der Waals surface area contributed by atoms with E-state index >= 15 is 0 Å². The molecule has 0 bridgehead atoms. The molecule has 2 aliphatic rings. The van der Waals surface area contributed by atoms with Gasteiger partial charge < -0.3 is 19.3 Å². The van der Waals surface area contributed by atoms with Gasteiger partial charge in [0, 0.05) is 50.7 Å². The fraction of sp³-hybridized carbons (Fsp3) is 0.682. The molecule has 3 rings (SSSR count). The number of carbonyl (C=O) groups excluding carboxylic acids is 2. The summed E-state index contributed by atoms with van der Waals surface area (Å²) in [5.41, 5.74) is -1.91. The second kappa shape index (κ2) is 8.44. The molecule has 2 saturated heterocycles. The van der Waals surface area contributed by atoms with Crippen LogP contribution in [0.5, 0.6) is 5.88 Å². The molecule has 7 nitrogen and oxygen atoms in total. The second-order valence-corrected chi connectivity index (χ2v) is 10.2. The summed E-state index contributed by atoms with van der Waals surface area (Å²) in [7, 11) is 0. The molecule has 0 saturated carbocycles. The first-order valence-corrected chi connectivity index (χ1v) is 10.7. The van der Waals surface area contributed by atoms with E-state index in [1.165, 1.54) is 11.0 Å². The van der Waals surface area contributed by atoms with Gasteiger partial charge in [0.25, 0.3) is 5.91 Å². The molecule has 1 aromatic heterocycles. The minimum absolute atomic E-state index is 0.0447. The first-order chi connectivity index (χ1) is 14.6. The number of carbonyl (C=O) groups is 2. The van der Waals surface area contributed by atoms with Gasteiger partial charge in [-0.1, -0.05) is 13.8 Å². The van der Waals surface area contributed by atoms with Gasteiger partial charge in [-0.05, 0) is 32.3 Å². The van der Waals surface area contributed by atoms with E-state index in [0.717, 1.165) is 6.07 Å². The molecular formula is C22H30F3N3O4. The van der Waals surface area contributed by atoms with Crippen molar-refractivity contribution in [3.63, 3.8) is 0 Å². The van der Waals surface area contributed by atoms with Crippen LogP contribution in [0, 0.1) is 5.41 Å².